The van der Waals surface area contributed by atoms with E-state index in [4.69, 9.17) is 9.84 Å². The summed E-state index contributed by atoms with van der Waals surface area (Å²) in [4.78, 5) is 23.9. The Morgan fingerprint density at radius 2 is 2.10 bits per heavy atom. The van der Waals surface area contributed by atoms with Crippen molar-refractivity contribution in [3.8, 4) is 0 Å². The molecule has 1 aliphatic rings. The standard InChI is InChI=1S/C15H20N2O4/c1-10(14(19)17-11-6-7-11)21-15(20)12-4-2-3-5-13(12)16-8-9-18/h2-5,10-11,16,18H,6-9H2,1H3,(H,17,19)/t10-/m1/s1. The monoisotopic (exact) mass is 292 g/mol. The van der Waals surface area contributed by atoms with Gasteiger partial charge in [-0.3, -0.25) is 4.79 Å². The number of amides is 1. The smallest absolute Gasteiger partial charge is 0.341 e. The maximum atomic E-state index is 12.1. The fourth-order valence-electron chi connectivity index (χ4n) is 1.83. The van der Waals surface area contributed by atoms with Crippen LogP contribution in [0.25, 0.3) is 0 Å². The van der Waals surface area contributed by atoms with Crippen LogP contribution in [0.1, 0.15) is 30.1 Å². The Morgan fingerprint density at radius 1 is 1.38 bits per heavy atom. The van der Waals surface area contributed by atoms with Crippen LogP contribution in [0.3, 0.4) is 0 Å². The fourth-order valence-corrected chi connectivity index (χ4v) is 1.83. The Balaban J connectivity index is 1.96. The first kappa shape index (κ1) is 15.3. The van der Waals surface area contributed by atoms with Crippen molar-refractivity contribution < 1.29 is 19.4 Å². The first-order chi connectivity index (χ1) is 10.1. The number of rotatable bonds is 7. The summed E-state index contributed by atoms with van der Waals surface area (Å²) in [6.45, 7) is 1.85. The molecule has 1 aromatic carbocycles. The number of carbonyl (C=O) groups is 2. The molecule has 0 aliphatic heterocycles. The van der Waals surface area contributed by atoms with Crippen LogP contribution in [0.4, 0.5) is 5.69 Å². The Morgan fingerprint density at radius 3 is 2.76 bits per heavy atom. The lowest BCUT2D eigenvalue weighted by molar-refractivity contribution is -0.129. The third-order valence-corrected chi connectivity index (χ3v) is 3.15. The second kappa shape index (κ2) is 7.08. The average molecular weight is 292 g/mol. The highest BCUT2D eigenvalue weighted by Crippen LogP contribution is 2.20. The van der Waals surface area contributed by atoms with Gasteiger partial charge in [0.25, 0.3) is 5.91 Å². The number of para-hydroxylation sites is 1. The lowest BCUT2D eigenvalue weighted by atomic mass is 10.1. The molecule has 1 aromatic rings. The molecule has 0 saturated heterocycles. The third kappa shape index (κ3) is 4.46. The zero-order chi connectivity index (χ0) is 15.2. The highest BCUT2D eigenvalue weighted by molar-refractivity contribution is 5.97. The maximum absolute atomic E-state index is 12.1. The van der Waals surface area contributed by atoms with E-state index < -0.39 is 12.1 Å². The molecule has 2 rings (SSSR count). The van der Waals surface area contributed by atoms with Gasteiger partial charge >= 0.3 is 5.97 Å². The molecule has 6 nitrogen and oxygen atoms in total. The largest absolute Gasteiger partial charge is 0.449 e. The van der Waals surface area contributed by atoms with E-state index in [9.17, 15) is 9.59 Å². The summed E-state index contributed by atoms with van der Waals surface area (Å²) >= 11 is 0. The minimum absolute atomic E-state index is 0.0381. The second-order valence-electron chi connectivity index (χ2n) is 5.03. The molecule has 1 atom stereocenters. The van der Waals surface area contributed by atoms with Crippen LogP contribution < -0.4 is 10.6 Å². The summed E-state index contributed by atoms with van der Waals surface area (Å²) in [5, 5.41) is 14.6. The van der Waals surface area contributed by atoms with Crippen LogP contribution in [0.15, 0.2) is 24.3 Å². The van der Waals surface area contributed by atoms with Crippen molar-refractivity contribution in [3.63, 3.8) is 0 Å². The molecule has 21 heavy (non-hydrogen) atoms. The molecule has 6 heteroatoms. The quantitative estimate of drug-likeness (QED) is 0.650. The van der Waals surface area contributed by atoms with Gasteiger partial charge in [-0.1, -0.05) is 12.1 Å². The SMILES string of the molecule is C[C@@H](OC(=O)c1ccccc1NCCO)C(=O)NC1CC1. The highest BCUT2D eigenvalue weighted by atomic mass is 16.5. The van der Waals surface area contributed by atoms with Crippen molar-refractivity contribution in [1.82, 2.24) is 5.32 Å². The van der Waals surface area contributed by atoms with Crippen molar-refractivity contribution in [2.45, 2.75) is 31.9 Å². The first-order valence-electron chi connectivity index (χ1n) is 7.07. The number of ether oxygens (including phenoxy) is 1. The van der Waals surface area contributed by atoms with E-state index in [0.717, 1.165) is 12.8 Å². The summed E-state index contributed by atoms with van der Waals surface area (Å²) in [6.07, 6.45) is 1.14. The molecule has 1 fully saturated rings. The minimum Gasteiger partial charge on any atom is -0.449 e. The van der Waals surface area contributed by atoms with E-state index in [2.05, 4.69) is 10.6 Å². The Labute approximate surface area is 123 Å². The van der Waals surface area contributed by atoms with Gasteiger partial charge in [-0.05, 0) is 31.9 Å². The lowest BCUT2D eigenvalue weighted by Crippen LogP contribution is -2.37. The third-order valence-electron chi connectivity index (χ3n) is 3.15. The van der Waals surface area contributed by atoms with Crippen LogP contribution in [0, 0.1) is 0 Å². The van der Waals surface area contributed by atoms with Gasteiger partial charge in [0, 0.05) is 18.3 Å². The summed E-state index contributed by atoms with van der Waals surface area (Å²) in [5.41, 5.74) is 0.920. The average Bonchev–Trinajstić information content (AvgIpc) is 3.29. The Hall–Kier alpha value is -2.08. The molecule has 0 bridgehead atoms. The minimum atomic E-state index is -0.830. The van der Waals surface area contributed by atoms with Gasteiger partial charge in [0.15, 0.2) is 6.10 Å². The van der Waals surface area contributed by atoms with E-state index in [0.29, 0.717) is 17.8 Å². The Kier molecular flexibility index (Phi) is 5.16. The molecule has 0 spiro atoms. The van der Waals surface area contributed by atoms with Gasteiger partial charge in [0.05, 0.1) is 12.2 Å². The lowest BCUT2D eigenvalue weighted by Gasteiger charge is -2.15. The van der Waals surface area contributed by atoms with Crippen LogP contribution >= 0.6 is 0 Å². The maximum Gasteiger partial charge on any atom is 0.341 e. The van der Waals surface area contributed by atoms with Gasteiger partial charge in [0.2, 0.25) is 0 Å². The van der Waals surface area contributed by atoms with Crippen molar-refractivity contribution in [1.29, 1.82) is 0 Å². The number of aliphatic hydroxyl groups excluding tert-OH is 1. The number of anilines is 1. The van der Waals surface area contributed by atoms with E-state index in [-0.39, 0.29) is 18.6 Å². The van der Waals surface area contributed by atoms with Gasteiger partial charge in [0.1, 0.15) is 0 Å². The molecule has 0 unspecified atom stereocenters. The first-order valence-corrected chi connectivity index (χ1v) is 7.07. The number of carbonyl (C=O) groups excluding carboxylic acids is 2. The zero-order valence-corrected chi connectivity index (χ0v) is 12.0. The van der Waals surface area contributed by atoms with E-state index in [1.54, 1.807) is 31.2 Å². The number of nitrogens with one attached hydrogen (secondary N) is 2. The van der Waals surface area contributed by atoms with Crippen molar-refractivity contribution >= 4 is 17.6 Å². The van der Waals surface area contributed by atoms with E-state index in [1.807, 2.05) is 0 Å². The van der Waals surface area contributed by atoms with E-state index in [1.165, 1.54) is 0 Å². The normalized spacial score (nSPS) is 15.1. The zero-order valence-electron chi connectivity index (χ0n) is 12.0. The molecular weight excluding hydrogens is 272 g/mol. The molecule has 0 aromatic heterocycles. The molecular formula is C15H20N2O4. The fraction of sp³-hybridized carbons (Fsp3) is 0.467. The second-order valence-corrected chi connectivity index (χ2v) is 5.03. The van der Waals surface area contributed by atoms with E-state index >= 15 is 0 Å². The Bertz CT molecular complexity index is 514. The van der Waals surface area contributed by atoms with Gasteiger partial charge < -0.3 is 20.5 Å². The molecule has 1 saturated carbocycles. The summed E-state index contributed by atoms with van der Waals surface area (Å²) < 4.78 is 5.19. The molecule has 1 aliphatic carbocycles. The van der Waals surface area contributed by atoms with Crippen LogP contribution in [-0.4, -0.2) is 42.3 Å². The topological polar surface area (TPSA) is 87.7 Å². The van der Waals surface area contributed by atoms with Crippen molar-refractivity contribution in [3.05, 3.63) is 29.8 Å². The molecule has 0 heterocycles. The van der Waals surface area contributed by atoms with Crippen LogP contribution in [0.5, 0.6) is 0 Å². The van der Waals surface area contributed by atoms with Gasteiger partial charge in [-0.2, -0.15) is 0 Å². The summed E-state index contributed by atoms with van der Waals surface area (Å²) in [7, 11) is 0. The van der Waals surface area contributed by atoms with Crippen molar-refractivity contribution in [2.24, 2.45) is 0 Å². The molecule has 1 amide bonds. The number of aliphatic hydroxyl groups is 1. The molecule has 3 N–H and O–H groups in total. The number of hydrogen-bond acceptors (Lipinski definition) is 5. The summed E-state index contributed by atoms with van der Waals surface area (Å²) in [5.74, 6) is -0.832. The number of esters is 1. The van der Waals surface area contributed by atoms with Gasteiger partial charge in [-0.25, -0.2) is 4.79 Å². The number of benzene rings is 1. The number of hydrogen-bond donors (Lipinski definition) is 3. The highest BCUT2D eigenvalue weighted by Gasteiger charge is 2.27. The summed E-state index contributed by atoms with van der Waals surface area (Å²) in [6, 6.07) is 7.07. The van der Waals surface area contributed by atoms with Crippen LogP contribution in [0.2, 0.25) is 0 Å². The molecule has 0 radical (unpaired) electrons. The predicted octanol–water partition coefficient (Wildman–Crippen LogP) is 0.915. The molecule has 114 valence electrons. The predicted molar refractivity (Wildman–Crippen MR) is 78.1 cm³/mol. The van der Waals surface area contributed by atoms with Crippen LogP contribution in [-0.2, 0) is 9.53 Å². The van der Waals surface area contributed by atoms with Crippen molar-refractivity contribution in [2.75, 3.05) is 18.5 Å². The van der Waals surface area contributed by atoms with Gasteiger partial charge in [-0.15, -0.1) is 0 Å².